The second kappa shape index (κ2) is 7.56. The van der Waals surface area contributed by atoms with Crippen molar-refractivity contribution in [2.75, 3.05) is 13.2 Å². The van der Waals surface area contributed by atoms with Crippen molar-refractivity contribution < 1.29 is 14.3 Å². The Bertz CT molecular complexity index is 883. The largest absolute Gasteiger partial charge is 0.489 e. The number of carbonyl (C=O) groups excluding carboxylic acids is 1. The molecule has 0 spiro atoms. The zero-order valence-electron chi connectivity index (χ0n) is 14.5. The van der Waals surface area contributed by atoms with E-state index in [0.717, 1.165) is 29.5 Å². The molecule has 1 aliphatic rings. The van der Waals surface area contributed by atoms with Gasteiger partial charge in [0.05, 0.1) is 11.4 Å². The molecule has 0 N–H and O–H groups in total. The first-order valence-electron chi connectivity index (χ1n) is 8.99. The van der Waals surface area contributed by atoms with Crippen LogP contribution in [0, 0.1) is 5.92 Å². The Kier molecular flexibility index (Phi) is 4.82. The summed E-state index contributed by atoms with van der Waals surface area (Å²) in [7, 11) is 0. The number of esters is 1. The minimum Gasteiger partial charge on any atom is -0.489 e. The maximum Gasteiger partial charge on any atom is 0.309 e. The van der Waals surface area contributed by atoms with Crippen molar-refractivity contribution in [1.29, 1.82) is 0 Å². The number of hydrogen-bond acceptors (Lipinski definition) is 4. The van der Waals surface area contributed by atoms with Crippen molar-refractivity contribution >= 4 is 16.9 Å². The van der Waals surface area contributed by atoms with Gasteiger partial charge in [0, 0.05) is 11.6 Å². The van der Waals surface area contributed by atoms with Crippen molar-refractivity contribution in [3.8, 4) is 5.75 Å². The predicted octanol–water partition coefficient (Wildman–Crippen LogP) is 4.35. The highest BCUT2D eigenvalue weighted by atomic mass is 16.6. The molecule has 1 saturated carbocycles. The van der Waals surface area contributed by atoms with Gasteiger partial charge in [0.25, 0.3) is 0 Å². The van der Waals surface area contributed by atoms with Crippen molar-refractivity contribution in [2.24, 2.45) is 5.92 Å². The van der Waals surface area contributed by atoms with Crippen LogP contribution in [0.4, 0.5) is 0 Å². The monoisotopic (exact) mass is 347 g/mol. The SMILES string of the molecule is O=C(OCCOc1ccnc2ccccc12)C1CC(c2ccccc2)C1. The average molecular weight is 347 g/mol. The second-order valence-electron chi connectivity index (χ2n) is 6.62. The van der Waals surface area contributed by atoms with E-state index in [4.69, 9.17) is 9.47 Å². The van der Waals surface area contributed by atoms with Crippen LogP contribution in [-0.4, -0.2) is 24.2 Å². The van der Waals surface area contributed by atoms with Crippen molar-refractivity contribution in [3.63, 3.8) is 0 Å². The van der Waals surface area contributed by atoms with E-state index in [1.807, 2.05) is 48.5 Å². The molecule has 1 fully saturated rings. The first-order chi connectivity index (χ1) is 12.8. The van der Waals surface area contributed by atoms with Crippen molar-refractivity contribution in [1.82, 2.24) is 4.98 Å². The third-order valence-corrected chi connectivity index (χ3v) is 4.94. The van der Waals surface area contributed by atoms with Gasteiger partial charge in [-0.2, -0.15) is 0 Å². The summed E-state index contributed by atoms with van der Waals surface area (Å²) < 4.78 is 11.2. The molecule has 0 atom stereocenters. The molecule has 4 heteroatoms. The zero-order chi connectivity index (χ0) is 17.8. The topological polar surface area (TPSA) is 48.4 Å². The van der Waals surface area contributed by atoms with Crippen LogP contribution in [0.3, 0.4) is 0 Å². The minimum absolute atomic E-state index is 0.0157. The first kappa shape index (κ1) is 16.6. The standard InChI is InChI=1S/C22H21NO3/c24-22(18-14-17(15-18)16-6-2-1-3-7-16)26-13-12-25-21-10-11-23-20-9-5-4-8-19(20)21/h1-11,17-18H,12-15H2. The third kappa shape index (κ3) is 3.54. The van der Waals surface area contributed by atoms with Gasteiger partial charge in [-0.3, -0.25) is 9.78 Å². The Balaban J connectivity index is 1.22. The summed E-state index contributed by atoms with van der Waals surface area (Å²) in [6.45, 7) is 0.608. The predicted molar refractivity (Wildman–Crippen MR) is 100 cm³/mol. The number of para-hydroxylation sites is 1. The van der Waals surface area contributed by atoms with Gasteiger partial charge >= 0.3 is 5.97 Å². The molecule has 4 rings (SSSR count). The highest BCUT2D eigenvalue weighted by molar-refractivity contribution is 5.84. The summed E-state index contributed by atoms with van der Waals surface area (Å²) >= 11 is 0. The fourth-order valence-corrected chi connectivity index (χ4v) is 3.41. The van der Waals surface area contributed by atoms with Crippen molar-refractivity contribution in [2.45, 2.75) is 18.8 Å². The van der Waals surface area contributed by atoms with E-state index in [9.17, 15) is 4.79 Å². The van der Waals surface area contributed by atoms with Crippen LogP contribution in [0.15, 0.2) is 66.9 Å². The molecule has 4 nitrogen and oxygen atoms in total. The van der Waals surface area contributed by atoms with Gasteiger partial charge < -0.3 is 9.47 Å². The van der Waals surface area contributed by atoms with Crippen LogP contribution < -0.4 is 4.74 Å². The molecular weight excluding hydrogens is 326 g/mol. The second-order valence-corrected chi connectivity index (χ2v) is 6.62. The van der Waals surface area contributed by atoms with Crippen molar-refractivity contribution in [3.05, 3.63) is 72.4 Å². The Morgan fingerprint density at radius 3 is 2.58 bits per heavy atom. The van der Waals surface area contributed by atoms with Crippen LogP contribution >= 0.6 is 0 Å². The van der Waals surface area contributed by atoms with Gasteiger partial charge in [-0.05, 0) is 42.5 Å². The number of pyridine rings is 1. The van der Waals surface area contributed by atoms with E-state index >= 15 is 0 Å². The van der Waals surface area contributed by atoms with Crippen LogP contribution in [0.1, 0.15) is 24.3 Å². The van der Waals surface area contributed by atoms with E-state index in [2.05, 4.69) is 17.1 Å². The maximum atomic E-state index is 12.1. The molecule has 2 aromatic carbocycles. The lowest BCUT2D eigenvalue weighted by Gasteiger charge is -2.33. The van der Waals surface area contributed by atoms with Gasteiger partial charge in [0.2, 0.25) is 0 Å². The number of benzene rings is 2. The summed E-state index contributed by atoms with van der Waals surface area (Å²) in [5.41, 5.74) is 2.20. The lowest BCUT2D eigenvalue weighted by Crippen LogP contribution is -2.31. The number of nitrogens with zero attached hydrogens (tertiary/aromatic N) is 1. The summed E-state index contributed by atoms with van der Waals surface area (Å²) in [5, 5.41) is 0.964. The van der Waals surface area contributed by atoms with Gasteiger partial charge in [0.15, 0.2) is 0 Å². The molecule has 26 heavy (non-hydrogen) atoms. The number of ether oxygens (including phenoxy) is 2. The van der Waals surface area contributed by atoms with E-state index in [-0.39, 0.29) is 18.5 Å². The molecule has 0 aliphatic heterocycles. The summed E-state index contributed by atoms with van der Waals surface area (Å²) in [4.78, 5) is 16.4. The van der Waals surface area contributed by atoms with Crippen LogP contribution in [0.5, 0.6) is 5.75 Å². The average Bonchev–Trinajstić information content (AvgIpc) is 2.65. The van der Waals surface area contributed by atoms with E-state index < -0.39 is 0 Å². The molecule has 0 radical (unpaired) electrons. The minimum atomic E-state index is -0.111. The quantitative estimate of drug-likeness (QED) is 0.491. The van der Waals surface area contributed by atoms with E-state index in [1.165, 1.54) is 5.56 Å². The van der Waals surface area contributed by atoms with Gasteiger partial charge in [0.1, 0.15) is 19.0 Å². The van der Waals surface area contributed by atoms with E-state index in [0.29, 0.717) is 12.5 Å². The first-order valence-corrected chi connectivity index (χ1v) is 8.99. The van der Waals surface area contributed by atoms with Gasteiger partial charge in [-0.25, -0.2) is 0 Å². The van der Waals surface area contributed by atoms with Crippen LogP contribution in [0.25, 0.3) is 10.9 Å². The number of hydrogen-bond donors (Lipinski definition) is 0. The van der Waals surface area contributed by atoms with E-state index in [1.54, 1.807) is 6.20 Å². The Hall–Kier alpha value is -2.88. The molecule has 0 saturated heterocycles. The summed E-state index contributed by atoms with van der Waals surface area (Å²) in [6.07, 6.45) is 3.47. The molecule has 0 amide bonds. The lowest BCUT2D eigenvalue weighted by molar-refractivity contribution is -0.152. The maximum absolute atomic E-state index is 12.1. The Morgan fingerprint density at radius 1 is 0.962 bits per heavy atom. The molecule has 0 unspecified atom stereocenters. The highest BCUT2D eigenvalue weighted by Gasteiger charge is 2.36. The smallest absolute Gasteiger partial charge is 0.309 e. The normalized spacial score (nSPS) is 18.9. The molecule has 1 heterocycles. The Labute approximate surface area is 152 Å². The number of rotatable bonds is 6. The summed E-state index contributed by atoms with van der Waals surface area (Å²) in [6, 6.07) is 20.0. The molecule has 1 aliphatic carbocycles. The number of carbonyl (C=O) groups is 1. The highest BCUT2D eigenvalue weighted by Crippen LogP contribution is 2.42. The Morgan fingerprint density at radius 2 is 1.73 bits per heavy atom. The van der Waals surface area contributed by atoms with Gasteiger partial charge in [-0.1, -0.05) is 42.5 Å². The number of fused-ring (bicyclic) bond motifs is 1. The third-order valence-electron chi connectivity index (χ3n) is 4.94. The van der Waals surface area contributed by atoms with Crippen LogP contribution in [0.2, 0.25) is 0 Å². The molecule has 1 aromatic heterocycles. The fourth-order valence-electron chi connectivity index (χ4n) is 3.41. The molecular formula is C22H21NO3. The summed E-state index contributed by atoms with van der Waals surface area (Å²) in [5.74, 6) is 1.15. The molecule has 0 bridgehead atoms. The zero-order valence-corrected chi connectivity index (χ0v) is 14.5. The lowest BCUT2D eigenvalue weighted by atomic mass is 9.71. The van der Waals surface area contributed by atoms with Crippen LogP contribution in [-0.2, 0) is 9.53 Å². The van der Waals surface area contributed by atoms with Gasteiger partial charge in [-0.15, -0.1) is 0 Å². The fraction of sp³-hybridized carbons (Fsp3) is 0.273. The molecule has 3 aromatic rings. The molecule has 132 valence electrons. The number of aromatic nitrogens is 1.